The first-order chi connectivity index (χ1) is 15.5. The van der Waals surface area contributed by atoms with Crippen LogP contribution >= 0.6 is 11.3 Å². The number of carbonyl (C=O) groups is 3. The van der Waals surface area contributed by atoms with Crippen molar-refractivity contribution in [1.29, 1.82) is 5.26 Å². The molecule has 0 spiro atoms. The Morgan fingerprint density at radius 3 is 2.69 bits per heavy atom. The Labute approximate surface area is 190 Å². The minimum atomic E-state index is -0.419. The number of fused-ring (bicyclic) bond motifs is 1. The summed E-state index contributed by atoms with van der Waals surface area (Å²) in [4.78, 5) is 38.8. The molecule has 8 nitrogen and oxygen atoms in total. The highest BCUT2D eigenvalue weighted by atomic mass is 32.1. The molecular formula is C23H25N3O5S. The van der Waals surface area contributed by atoms with Crippen LogP contribution in [0.1, 0.15) is 40.8 Å². The Kier molecular flexibility index (Phi) is 7.84. The Morgan fingerprint density at radius 1 is 1.19 bits per heavy atom. The number of nitrogens with zero attached hydrogens (tertiary/aromatic N) is 2. The van der Waals surface area contributed by atoms with Gasteiger partial charge in [-0.15, -0.1) is 11.3 Å². The van der Waals surface area contributed by atoms with Gasteiger partial charge in [-0.3, -0.25) is 14.4 Å². The summed E-state index contributed by atoms with van der Waals surface area (Å²) < 4.78 is 9.91. The van der Waals surface area contributed by atoms with Gasteiger partial charge in [0.25, 0.3) is 0 Å². The number of methoxy groups -OCH3 is 2. The van der Waals surface area contributed by atoms with Gasteiger partial charge in [0.1, 0.15) is 16.8 Å². The van der Waals surface area contributed by atoms with Crippen molar-refractivity contribution in [2.24, 2.45) is 0 Å². The molecule has 3 rings (SSSR count). The lowest BCUT2D eigenvalue weighted by Crippen LogP contribution is -2.35. The topological polar surface area (TPSA) is 109 Å². The van der Waals surface area contributed by atoms with Gasteiger partial charge < -0.3 is 19.7 Å². The summed E-state index contributed by atoms with van der Waals surface area (Å²) in [6.45, 7) is 0.839. The van der Waals surface area contributed by atoms with Crippen LogP contribution in [0.3, 0.4) is 0 Å². The van der Waals surface area contributed by atoms with Gasteiger partial charge in [-0.1, -0.05) is 18.2 Å². The molecule has 1 aliphatic rings. The first-order valence-electron chi connectivity index (χ1n) is 10.3. The van der Waals surface area contributed by atoms with E-state index in [0.717, 1.165) is 21.8 Å². The van der Waals surface area contributed by atoms with Gasteiger partial charge in [0, 0.05) is 24.3 Å². The Morgan fingerprint density at radius 2 is 1.97 bits per heavy atom. The summed E-state index contributed by atoms with van der Waals surface area (Å²) in [7, 11) is 2.89. The molecule has 1 aromatic carbocycles. The fourth-order valence-electron chi connectivity index (χ4n) is 3.64. The van der Waals surface area contributed by atoms with E-state index in [2.05, 4.69) is 16.1 Å². The average Bonchev–Trinajstić information content (AvgIpc) is 3.16. The molecule has 2 amide bonds. The zero-order valence-electron chi connectivity index (χ0n) is 18.1. The first-order valence-corrected chi connectivity index (χ1v) is 11.1. The van der Waals surface area contributed by atoms with E-state index in [9.17, 15) is 19.6 Å². The summed E-state index contributed by atoms with van der Waals surface area (Å²) >= 11 is 1.33. The van der Waals surface area contributed by atoms with Gasteiger partial charge in [0.2, 0.25) is 11.8 Å². The molecule has 1 N–H and O–H groups in total. The molecule has 0 saturated carbocycles. The van der Waals surface area contributed by atoms with Crippen molar-refractivity contribution < 1.29 is 23.9 Å². The fraction of sp³-hybridized carbons (Fsp3) is 0.391. The average molecular weight is 456 g/mol. The molecule has 0 radical (unpaired) electrons. The number of hydrogen-bond acceptors (Lipinski definition) is 7. The van der Waals surface area contributed by atoms with Crippen LogP contribution < -0.4 is 10.1 Å². The van der Waals surface area contributed by atoms with Crippen molar-refractivity contribution in [2.45, 2.75) is 38.6 Å². The Bertz CT molecular complexity index is 1060. The van der Waals surface area contributed by atoms with E-state index >= 15 is 0 Å². The Hall–Kier alpha value is -3.38. The number of carbonyl (C=O) groups excluding carboxylic acids is 3. The summed E-state index contributed by atoms with van der Waals surface area (Å²) in [6.07, 6.45) is 1.44. The first kappa shape index (κ1) is 23.3. The lowest BCUT2D eigenvalue weighted by atomic mass is 10.0. The highest BCUT2D eigenvalue weighted by Gasteiger charge is 2.27. The number of rotatable bonds is 8. The lowest BCUT2D eigenvalue weighted by Gasteiger charge is -2.26. The molecule has 2 aromatic rings. The number of benzene rings is 1. The zero-order valence-corrected chi connectivity index (χ0v) is 18.9. The summed E-state index contributed by atoms with van der Waals surface area (Å²) in [6, 6.07) is 9.75. The van der Waals surface area contributed by atoms with Crippen molar-refractivity contribution in [2.75, 3.05) is 26.1 Å². The van der Waals surface area contributed by atoms with Crippen LogP contribution in [-0.4, -0.2) is 43.4 Å². The molecule has 2 heterocycles. The maximum absolute atomic E-state index is 12.6. The van der Waals surface area contributed by atoms with Crippen LogP contribution in [0.2, 0.25) is 0 Å². The maximum Gasteiger partial charge on any atom is 0.306 e. The van der Waals surface area contributed by atoms with Gasteiger partial charge in [-0.2, -0.15) is 5.26 Å². The van der Waals surface area contributed by atoms with Crippen molar-refractivity contribution in [1.82, 2.24) is 4.90 Å². The van der Waals surface area contributed by atoms with E-state index in [0.29, 0.717) is 36.5 Å². The Balaban J connectivity index is 1.64. The molecule has 1 aromatic heterocycles. The number of esters is 1. The third kappa shape index (κ3) is 5.45. The molecule has 9 heteroatoms. The van der Waals surface area contributed by atoms with E-state index in [1.807, 2.05) is 24.3 Å². The van der Waals surface area contributed by atoms with Crippen molar-refractivity contribution in [3.8, 4) is 11.8 Å². The summed E-state index contributed by atoms with van der Waals surface area (Å²) in [5, 5.41) is 13.0. The number of para-hydroxylation sites is 1. The lowest BCUT2D eigenvalue weighted by molar-refractivity contribution is -0.143. The molecule has 168 valence electrons. The van der Waals surface area contributed by atoms with Gasteiger partial charge in [0.05, 0.1) is 32.7 Å². The van der Waals surface area contributed by atoms with E-state index < -0.39 is 5.97 Å². The molecule has 0 atom stereocenters. The number of ether oxygens (including phenoxy) is 2. The van der Waals surface area contributed by atoms with Crippen LogP contribution in [0.25, 0.3) is 0 Å². The maximum atomic E-state index is 12.6. The number of thiophene rings is 1. The zero-order chi connectivity index (χ0) is 23.1. The number of aryl methyl sites for hydroxylation is 1. The molecule has 0 aliphatic carbocycles. The summed E-state index contributed by atoms with van der Waals surface area (Å²) in [5.41, 5.74) is 2.30. The van der Waals surface area contributed by atoms with Crippen LogP contribution in [0.15, 0.2) is 24.3 Å². The normalized spacial score (nSPS) is 12.5. The van der Waals surface area contributed by atoms with Crippen molar-refractivity contribution >= 4 is 34.1 Å². The largest absolute Gasteiger partial charge is 0.496 e. The number of amides is 2. The highest BCUT2D eigenvalue weighted by Crippen LogP contribution is 2.37. The second-order valence-electron chi connectivity index (χ2n) is 7.32. The van der Waals surface area contributed by atoms with Gasteiger partial charge in [-0.05, 0) is 30.0 Å². The van der Waals surface area contributed by atoms with Crippen LogP contribution in [0.5, 0.6) is 5.75 Å². The second kappa shape index (κ2) is 10.8. The highest BCUT2D eigenvalue weighted by molar-refractivity contribution is 7.16. The predicted octanol–water partition coefficient (Wildman–Crippen LogP) is 3.04. The van der Waals surface area contributed by atoms with E-state index in [-0.39, 0.29) is 31.1 Å². The molecule has 0 fully saturated rings. The van der Waals surface area contributed by atoms with Gasteiger partial charge >= 0.3 is 5.97 Å². The van der Waals surface area contributed by atoms with Gasteiger partial charge in [0.15, 0.2) is 0 Å². The number of anilines is 1. The van der Waals surface area contributed by atoms with Crippen LogP contribution in [0.4, 0.5) is 5.00 Å². The van der Waals surface area contributed by atoms with E-state index in [4.69, 9.17) is 4.74 Å². The van der Waals surface area contributed by atoms with Crippen molar-refractivity contribution in [3.05, 3.63) is 45.8 Å². The SMILES string of the molecule is COC(=O)CCC(=O)N1CCc2c(sc(NC(=O)CCc3ccccc3OC)c2C#N)C1. The van der Waals surface area contributed by atoms with Gasteiger partial charge in [-0.25, -0.2) is 0 Å². The van der Waals surface area contributed by atoms with E-state index in [1.165, 1.54) is 18.4 Å². The standard InChI is InChI=1S/C23H25N3O5S/c1-30-18-6-4-3-5-15(18)7-8-20(27)25-23-17(13-24)16-11-12-26(14-19(16)32-23)21(28)9-10-22(29)31-2/h3-6H,7-12,14H2,1-2H3,(H,25,27). The number of nitriles is 1. The molecule has 0 bridgehead atoms. The molecule has 1 aliphatic heterocycles. The minimum absolute atomic E-state index is 0.0417. The molecule has 0 unspecified atom stereocenters. The van der Waals surface area contributed by atoms with Crippen LogP contribution in [0, 0.1) is 11.3 Å². The third-order valence-corrected chi connectivity index (χ3v) is 6.49. The fourth-order valence-corrected chi connectivity index (χ4v) is 4.87. The third-order valence-electron chi connectivity index (χ3n) is 5.36. The van der Waals surface area contributed by atoms with Crippen molar-refractivity contribution in [3.63, 3.8) is 0 Å². The summed E-state index contributed by atoms with van der Waals surface area (Å²) in [5.74, 6) is 0.00554. The molecule has 0 saturated heterocycles. The molecule has 32 heavy (non-hydrogen) atoms. The van der Waals surface area contributed by atoms with E-state index in [1.54, 1.807) is 12.0 Å². The molecular weight excluding hydrogens is 430 g/mol. The predicted molar refractivity (Wildman–Crippen MR) is 119 cm³/mol. The van der Waals surface area contributed by atoms with Crippen LogP contribution in [-0.2, 0) is 38.5 Å². The monoisotopic (exact) mass is 455 g/mol. The minimum Gasteiger partial charge on any atom is -0.496 e. The smallest absolute Gasteiger partial charge is 0.306 e. The quantitative estimate of drug-likeness (QED) is 0.613. The number of nitrogens with one attached hydrogen (secondary N) is 1. The second-order valence-corrected chi connectivity index (χ2v) is 8.43. The number of hydrogen-bond donors (Lipinski definition) is 1.